The molecule has 0 aliphatic carbocycles. The van der Waals surface area contributed by atoms with Crippen LogP contribution in [0, 0.1) is 0 Å². The molecule has 0 saturated heterocycles. The van der Waals surface area contributed by atoms with Crippen molar-refractivity contribution in [1.29, 1.82) is 0 Å². The van der Waals surface area contributed by atoms with Crippen LogP contribution < -0.4 is 10.3 Å². The lowest BCUT2D eigenvalue weighted by molar-refractivity contribution is -0.137. The zero-order valence-electron chi connectivity index (χ0n) is 14.5. The normalized spacial score (nSPS) is 10.7. The van der Waals surface area contributed by atoms with Crippen LogP contribution in [-0.4, -0.2) is 35.5 Å². The van der Waals surface area contributed by atoms with E-state index in [0.717, 1.165) is 11.3 Å². The van der Waals surface area contributed by atoms with Crippen molar-refractivity contribution in [3.05, 3.63) is 64.4 Å². The van der Waals surface area contributed by atoms with Gasteiger partial charge in [-0.05, 0) is 29.8 Å². The molecule has 0 unspecified atom stereocenters. The molecule has 3 aromatic rings. The van der Waals surface area contributed by atoms with E-state index >= 15 is 0 Å². The van der Waals surface area contributed by atoms with E-state index in [2.05, 4.69) is 9.72 Å². The number of rotatable bonds is 6. The maximum atomic E-state index is 13.0. The van der Waals surface area contributed by atoms with E-state index in [0.29, 0.717) is 22.6 Å². The van der Waals surface area contributed by atoms with Crippen LogP contribution >= 0.6 is 11.8 Å². The van der Waals surface area contributed by atoms with Crippen molar-refractivity contribution >= 4 is 28.6 Å². The molecule has 6 nitrogen and oxygen atoms in total. The van der Waals surface area contributed by atoms with Gasteiger partial charge in [0.25, 0.3) is 5.56 Å². The highest BCUT2D eigenvalue weighted by atomic mass is 32.2. The highest BCUT2D eigenvalue weighted by Crippen LogP contribution is 2.20. The number of ether oxygens (including phenoxy) is 2. The smallest absolute Gasteiger partial charge is 0.316 e. The fourth-order valence-electron chi connectivity index (χ4n) is 2.49. The summed E-state index contributed by atoms with van der Waals surface area (Å²) in [6.07, 6.45) is 0. The topological polar surface area (TPSA) is 70.4 Å². The van der Waals surface area contributed by atoms with Gasteiger partial charge in [-0.15, -0.1) is 0 Å². The lowest BCUT2D eigenvalue weighted by Crippen LogP contribution is -2.24. The van der Waals surface area contributed by atoms with Gasteiger partial charge in [-0.3, -0.25) is 14.2 Å². The van der Waals surface area contributed by atoms with E-state index in [9.17, 15) is 9.59 Å². The van der Waals surface area contributed by atoms with Crippen molar-refractivity contribution in [2.75, 3.05) is 20.0 Å². The average molecular weight is 370 g/mol. The van der Waals surface area contributed by atoms with Crippen LogP contribution in [0.4, 0.5) is 0 Å². The highest BCUT2D eigenvalue weighted by Gasteiger charge is 2.14. The number of carbonyl (C=O) groups is 1. The molecule has 0 aliphatic heterocycles. The van der Waals surface area contributed by atoms with Gasteiger partial charge in [0.15, 0.2) is 5.16 Å². The van der Waals surface area contributed by atoms with Crippen LogP contribution in [0.2, 0.25) is 0 Å². The molecule has 0 amide bonds. The summed E-state index contributed by atoms with van der Waals surface area (Å²) in [6.45, 7) is 0.351. The Morgan fingerprint density at radius 3 is 2.54 bits per heavy atom. The Morgan fingerprint density at radius 2 is 1.85 bits per heavy atom. The molecule has 0 N–H and O–H groups in total. The van der Waals surface area contributed by atoms with Crippen LogP contribution in [-0.2, 0) is 16.1 Å². The number of para-hydroxylation sites is 1. The number of esters is 1. The molecule has 134 valence electrons. The number of carbonyl (C=O) groups excluding carboxylic acids is 1. The summed E-state index contributed by atoms with van der Waals surface area (Å²) < 4.78 is 11.4. The Labute approximate surface area is 154 Å². The summed E-state index contributed by atoms with van der Waals surface area (Å²) in [5.74, 6) is 0.468. The van der Waals surface area contributed by atoms with Gasteiger partial charge in [-0.2, -0.15) is 0 Å². The van der Waals surface area contributed by atoms with E-state index in [1.807, 2.05) is 36.4 Å². The van der Waals surface area contributed by atoms with E-state index in [4.69, 9.17) is 4.74 Å². The first-order valence-electron chi connectivity index (χ1n) is 7.94. The van der Waals surface area contributed by atoms with Crippen molar-refractivity contribution in [3.8, 4) is 5.75 Å². The molecule has 7 heteroatoms. The Balaban J connectivity index is 2.03. The van der Waals surface area contributed by atoms with Crippen molar-refractivity contribution in [3.63, 3.8) is 0 Å². The number of fused-ring (bicyclic) bond motifs is 1. The Morgan fingerprint density at radius 1 is 1.12 bits per heavy atom. The number of hydrogen-bond acceptors (Lipinski definition) is 6. The SMILES string of the molecule is COC(=O)CSc1nc2ccccc2c(=O)n1Cc1ccc(OC)cc1. The van der Waals surface area contributed by atoms with Gasteiger partial charge in [0.1, 0.15) is 5.75 Å². The van der Waals surface area contributed by atoms with Gasteiger partial charge < -0.3 is 9.47 Å². The number of aromatic nitrogens is 2. The molecule has 0 bridgehead atoms. The Hall–Kier alpha value is -2.80. The maximum Gasteiger partial charge on any atom is 0.316 e. The van der Waals surface area contributed by atoms with Gasteiger partial charge in [0.05, 0.1) is 37.4 Å². The second-order valence-corrected chi connectivity index (χ2v) is 6.46. The molecule has 1 heterocycles. The molecule has 0 saturated carbocycles. The third-order valence-electron chi connectivity index (χ3n) is 3.87. The summed E-state index contributed by atoms with van der Waals surface area (Å²) in [7, 11) is 2.94. The Bertz CT molecular complexity index is 983. The molecular weight excluding hydrogens is 352 g/mol. The molecule has 0 aliphatic rings. The number of hydrogen-bond donors (Lipinski definition) is 0. The van der Waals surface area contributed by atoms with Gasteiger partial charge in [0, 0.05) is 0 Å². The average Bonchev–Trinajstić information content (AvgIpc) is 2.69. The van der Waals surface area contributed by atoms with Gasteiger partial charge in [-0.25, -0.2) is 4.98 Å². The minimum Gasteiger partial charge on any atom is -0.497 e. The lowest BCUT2D eigenvalue weighted by atomic mass is 10.2. The largest absolute Gasteiger partial charge is 0.497 e. The first-order valence-corrected chi connectivity index (χ1v) is 8.93. The molecule has 0 fully saturated rings. The molecule has 1 aromatic heterocycles. The van der Waals surface area contributed by atoms with Gasteiger partial charge in [-0.1, -0.05) is 36.0 Å². The second-order valence-electron chi connectivity index (χ2n) is 5.52. The molecule has 0 radical (unpaired) electrons. The minimum absolute atomic E-state index is 0.0872. The minimum atomic E-state index is -0.367. The number of methoxy groups -OCH3 is 2. The standard InChI is InChI=1S/C19H18N2O4S/c1-24-14-9-7-13(8-10-14)11-21-18(23)15-5-3-4-6-16(15)20-19(21)26-12-17(22)25-2/h3-10H,11-12H2,1-2H3. The zero-order chi connectivity index (χ0) is 18.5. The first-order chi connectivity index (χ1) is 12.6. The highest BCUT2D eigenvalue weighted by molar-refractivity contribution is 7.99. The first kappa shape index (κ1) is 18.0. The van der Waals surface area contributed by atoms with Gasteiger partial charge >= 0.3 is 5.97 Å². The summed E-state index contributed by atoms with van der Waals surface area (Å²) in [6, 6.07) is 14.7. The van der Waals surface area contributed by atoms with E-state index in [-0.39, 0.29) is 17.3 Å². The van der Waals surface area contributed by atoms with Crippen LogP contribution in [0.5, 0.6) is 5.75 Å². The summed E-state index contributed by atoms with van der Waals surface area (Å²) in [5, 5.41) is 1.03. The predicted molar refractivity (Wildman–Crippen MR) is 101 cm³/mol. The van der Waals surface area contributed by atoms with Crippen LogP contribution in [0.3, 0.4) is 0 Å². The summed E-state index contributed by atoms with van der Waals surface area (Å²) >= 11 is 1.19. The number of benzene rings is 2. The zero-order valence-corrected chi connectivity index (χ0v) is 15.3. The lowest BCUT2D eigenvalue weighted by Gasteiger charge is -2.13. The maximum absolute atomic E-state index is 13.0. The van der Waals surface area contributed by atoms with Crippen LogP contribution in [0.25, 0.3) is 10.9 Å². The quantitative estimate of drug-likeness (QED) is 0.377. The molecular formula is C19H18N2O4S. The number of thioether (sulfide) groups is 1. The third-order valence-corrected chi connectivity index (χ3v) is 4.82. The van der Waals surface area contributed by atoms with Crippen molar-refractivity contribution in [1.82, 2.24) is 9.55 Å². The van der Waals surface area contributed by atoms with E-state index in [1.165, 1.54) is 18.9 Å². The van der Waals surface area contributed by atoms with Crippen molar-refractivity contribution < 1.29 is 14.3 Å². The van der Waals surface area contributed by atoms with Crippen LogP contribution in [0.15, 0.2) is 58.5 Å². The summed E-state index contributed by atoms with van der Waals surface area (Å²) in [4.78, 5) is 29.0. The van der Waals surface area contributed by atoms with Gasteiger partial charge in [0.2, 0.25) is 0 Å². The van der Waals surface area contributed by atoms with E-state index in [1.54, 1.807) is 23.8 Å². The molecule has 0 atom stereocenters. The second kappa shape index (κ2) is 8.05. The predicted octanol–water partition coefficient (Wildman–Crippen LogP) is 2.72. The summed E-state index contributed by atoms with van der Waals surface area (Å²) in [5.41, 5.74) is 1.40. The monoisotopic (exact) mass is 370 g/mol. The van der Waals surface area contributed by atoms with Crippen LogP contribution in [0.1, 0.15) is 5.56 Å². The Kier molecular flexibility index (Phi) is 5.58. The molecule has 26 heavy (non-hydrogen) atoms. The van der Waals surface area contributed by atoms with Crippen molar-refractivity contribution in [2.45, 2.75) is 11.7 Å². The molecule has 3 rings (SSSR count). The third kappa shape index (κ3) is 3.88. The van der Waals surface area contributed by atoms with Crippen molar-refractivity contribution in [2.24, 2.45) is 0 Å². The fourth-order valence-corrected chi connectivity index (χ4v) is 3.32. The fraction of sp³-hybridized carbons (Fsp3) is 0.211. The van der Waals surface area contributed by atoms with E-state index < -0.39 is 0 Å². The number of nitrogens with zero attached hydrogens (tertiary/aromatic N) is 2. The molecule has 2 aromatic carbocycles. The molecule has 0 spiro atoms.